The fraction of sp³-hybridized carbons (Fsp3) is 0.941. The Labute approximate surface area is 122 Å². The molecule has 1 saturated heterocycles. The Balaban J connectivity index is 1.65. The third-order valence-electron chi connectivity index (χ3n) is 6.59. The van der Waals surface area contributed by atoms with Gasteiger partial charge in [0, 0.05) is 19.1 Å². The highest BCUT2D eigenvalue weighted by Crippen LogP contribution is 2.69. The van der Waals surface area contributed by atoms with Crippen LogP contribution < -0.4 is 5.73 Å². The lowest BCUT2D eigenvalue weighted by Crippen LogP contribution is -2.60. The van der Waals surface area contributed by atoms with Crippen LogP contribution in [-0.4, -0.2) is 29.9 Å². The van der Waals surface area contributed by atoms with Gasteiger partial charge in [0.05, 0.1) is 5.41 Å². The number of nitrogens with two attached hydrogens (primary N) is 1. The molecule has 4 aliphatic carbocycles. The second-order valence-corrected chi connectivity index (χ2v) is 9.21. The van der Waals surface area contributed by atoms with Crippen molar-refractivity contribution in [2.45, 2.75) is 64.8 Å². The summed E-state index contributed by atoms with van der Waals surface area (Å²) in [4.78, 5) is 15.3. The molecule has 3 nitrogen and oxygen atoms in total. The number of carbonyl (C=O) groups excluding carboxylic acids is 1. The Morgan fingerprint density at radius 2 is 1.75 bits per heavy atom. The summed E-state index contributed by atoms with van der Waals surface area (Å²) in [5.41, 5.74) is 6.82. The zero-order valence-corrected chi connectivity index (χ0v) is 13.0. The average Bonchev–Trinajstić information content (AvgIpc) is 2.69. The first-order chi connectivity index (χ1) is 9.32. The molecule has 0 aromatic carbocycles. The van der Waals surface area contributed by atoms with Crippen molar-refractivity contribution in [2.75, 3.05) is 13.1 Å². The summed E-state index contributed by atoms with van der Waals surface area (Å²) in [6, 6.07) is 0.207. The van der Waals surface area contributed by atoms with E-state index < -0.39 is 0 Å². The summed E-state index contributed by atoms with van der Waals surface area (Å²) in [5, 5.41) is 0. The molecule has 1 amide bonds. The molecule has 20 heavy (non-hydrogen) atoms. The van der Waals surface area contributed by atoms with Crippen LogP contribution in [0.15, 0.2) is 0 Å². The number of hydrogen-bond acceptors (Lipinski definition) is 2. The predicted molar refractivity (Wildman–Crippen MR) is 79.0 cm³/mol. The quantitative estimate of drug-likeness (QED) is 0.800. The molecule has 2 unspecified atom stereocenters. The first-order valence-corrected chi connectivity index (χ1v) is 8.37. The smallest absolute Gasteiger partial charge is 0.228 e. The van der Waals surface area contributed by atoms with Gasteiger partial charge in [-0.3, -0.25) is 4.79 Å². The van der Waals surface area contributed by atoms with Crippen molar-refractivity contribution in [1.82, 2.24) is 4.90 Å². The fourth-order valence-corrected chi connectivity index (χ4v) is 6.99. The van der Waals surface area contributed by atoms with Crippen molar-refractivity contribution >= 4 is 5.91 Å². The highest BCUT2D eigenvalue weighted by Gasteiger charge is 2.63. The third-order valence-corrected chi connectivity index (χ3v) is 6.59. The molecule has 1 aliphatic heterocycles. The summed E-state index contributed by atoms with van der Waals surface area (Å²) in [7, 11) is 0. The molecule has 3 heteroatoms. The van der Waals surface area contributed by atoms with E-state index in [4.69, 9.17) is 5.73 Å². The number of amides is 1. The Hall–Kier alpha value is -0.570. The maximum atomic E-state index is 13.2. The van der Waals surface area contributed by atoms with E-state index >= 15 is 0 Å². The molecule has 1 heterocycles. The molecular weight excluding hydrogens is 248 g/mol. The molecule has 0 aromatic heterocycles. The average molecular weight is 276 g/mol. The lowest BCUT2D eigenvalue weighted by molar-refractivity contribution is -0.178. The molecule has 112 valence electrons. The first kappa shape index (κ1) is 13.1. The predicted octanol–water partition coefficient (Wildman–Crippen LogP) is 2.54. The number of hydrogen-bond donors (Lipinski definition) is 1. The van der Waals surface area contributed by atoms with Crippen LogP contribution in [0.1, 0.15) is 58.8 Å². The van der Waals surface area contributed by atoms with Gasteiger partial charge in [-0.1, -0.05) is 13.8 Å². The van der Waals surface area contributed by atoms with Crippen molar-refractivity contribution < 1.29 is 4.79 Å². The normalized spacial score (nSPS) is 53.6. The number of nitrogens with zero attached hydrogens (tertiary/aromatic N) is 1. The standard InChI is InChI=1S/C17H28N2O/c1-15-5-12-6-16(2,9-15)11-17(7-12,10-15)14(20)19-4-3-13(18)8-19/h12-13H,3-11,18H2,1-2H3/t12?,13-,15?,16?,17?/m1/s1. The Morgan fingerprint density at radius 1 is 1.10 bits per heavy atom. The zero-order valence-electron chi connectivity index (χ0n) is 13.0. The minimum absolute atomic E-state index is 0.0347. The maximum absolute atomic E-state index is 13.2. The molecule has 5 fully saturated rings. The topological polar surface area (TPSA) is 46.3 Å². The highest BCUT2D eigenvalue weighted by molar-refractivity contribution is 5.84. The molecule has 0 spiro atoms. The SMILES string of the molecule is CC12CC3CC(C)(C1)CC(C(=O)N1CC[C@@H](N)C1)(C3)C2. The molecule has 3 atom stereocenters. The van der Waals surface area contributed by atoms with Crippen LogP contribution in [0.2, 0.25) is 0 Å². The molecule has 2 N–H and O–H groups in total. The first-order valence-electron chi connectivity index (χ1n) is 8.37. The highest BCUT2D eigenvalue weighted by atomic mass is 16.2. The molecule has 4 bridgehead atoms. The summed E-state index contributed by atoms with van der Waals surface area (Å²) in [6.45, 7) is 6.56. The van der Waals surface area contributed by atoms with Crippen LogP contribution in [0.5, 0.6) is 0 Å². The number of rotatable bonds is 1. The second kappa shape index (κ2) is 3.79. The van der Waals surface area contributed by atoms with Gasteiger partial charge in [0.15, 0.2) is 0 Å². The molecule has 5 aliphatic rings. The monoisotopic (exact) mass is 276 g/mol. The summed E-state index contributed by atoms with van der Waals surface area (Å²) in [6.07, 6.45) is 8.47. The fourth-order valence-electron chi connectivity index (χ4n) is 6.99. The van der Waals surface area contributed by atoms with Gasteiger partial charge < -0.3 is 10.6 Å². The van der Waals surface area contributed by atoms with Gasteiger partial charge in [0.1, 0.15) is 0 Å². The van der Waals surface area contributed by atoms with Crippen LogP contribution in [0.25, 0.3) is 0 Å². The summed E-state index contributed by atoms with van der Waals surface area (Å²) < 4.78 is 0. The van der Waals surface area contributed by atoms with E-state index in [-0.39, 0.29) is 11.5 Å². The van der Waals surface area contributed by atoms with Gasteiger partial charge in [-0.2, -0.15) is 0 Å². The Morgan fingerprint density at radius 3 is 2.25 bits per heavy atom. The minimum atomic E-state index is -0.0347. The van der Waals surface area contributed by atoms with Crippen molar-refractivity contribution in [3.63, 3.8) is 0 Å². The molecule has 5 rings (SSSR count). The minimum Gasteiger partial charge on any atom is -0.341 e. The van der Waals surface area contributed by atoms with Crippen LogP contribution in [0.4, 0.5) is 0 Å². The lowest BCUT2D eigenvalue weighted by Gasteiger charge is -2.65. The second-order valence-electron chi connectivity index (χ2n) is 9.21. The van der Waals surface area contributed by atoms with E-state index in [1.54, 1.807) is 0 Å². The molecular formula is C17H28N2O. The molecule has 0 aromatic rings. The van der Waals surface area contributed by atoms with E-state index in [0.29, 0.717) is 16.7 Å². The van der Waals surface area contributed by atoms with Gasteiger partial charge in [0.2, 0.25) is 5.91 Å². The van der Waals surface area contributed by atoms with E-state index in [9.17, 15) is 4.79 Å². The van der Waals surface area contributed by atoms with Gasteiger partial charge in [-0.05, 0) is 61.7 Å². The molecule has 0 radical (unpaired) electrons. The van der Waals surface area contributed by atoms with Crippen LogP contribution in [-0.2, 0) is 4.79 Å². The van der Waals surface area contributed by atoms with Gasteiger partial charge in [0.25, 0.3) is 0 Å². The summed E-state index contributed by atoms with van der Waals surface area (Å²) >= 11 is 0. The third kappa shape index (κ3) is 1.78. The van der Waals surface area contributed by atoms with Crippen molar-refractivity contribution in [1.29, 1.82) is 0 Å². The summed E-state index contributed by atoms with van der Waals surface area (Å²) in [5.74, 6) is 1.24. The molecule has 4 saturated carbocycles. The van der Waals surface area contributed by atoms with Gasteiger partial charge in [-0.15, -0.1) is 0 Å². The van der Waals surface area contributed by atoms with Crippen molar-refractivity contribution in [2.24, 2.45) is 27.9 Å². The van der Waals surface area contributed by atoms with Gasteiger partial charge in [-0.25, -0.2) is 0 Å². The van der Waals surface area contributed by atoms with Crippen LogP contribution >= 0.6 is 0 Å². The van der Waals surface area contributed by atoms with Crippen molar-refractivity contribution in [3.8, 4) is 0 Å². The Kier molecular flexibility index (Phi) is 2.49. The zero-order chi connectivity index (χ0) is 14.2. The van der Waals surface area contributed by atoms with E-state index in [0.717, 1.165) is 44.7 Å². The van der Waals surface area contributed by atoms with E-state index in [2.05, 4.69) is 18.7 Å². The largest absolute Gasteiger partial charge is 0.341 e. The lowest BCUT2D eigenvalue weighted by atomic mass is 9.40. The van der Waals surface area contributed by atoms with Crippen LogP contribution in [0, 0.1) is 22.2 Å². The van der Waals surface area contributed by atoms with Crippen LogP contribution in [0.3, 0.4) is 0 Å². The van der Waals surface area contributed by atoms with E-state index in [1.807, 2.05) is 0 Å². The van der Waals surface area contributed by atoms with E-state index in [1.165, 1.54) is 19.3 Å². The van der Waals surface area contributed by atoms with Crippen molar-refractivity contribution in [3.05, 3.63) is 0 Å². The Bertz CT molecular complexity index is 442. The number of likely N-dealkylation sites (tertiary alicyclic amines) is 1. The maximum Gasteiger partial charge on any atom is 0.228 e. The number of carbonyl (C=O) groups is 1. The van der Waals surface area contributed by atoms with Gasteiger partial charge >= 0.3 is 0 Å².